The molecule has 3 aromatic rings. The average Bonchev–Trinajstić information content (AvgIpc) is 2.97. The van der Waals surface area contributed by atoms with Gasteiger partial charge in [-0.3, -0.25) is 4.98 Å². The second kappa shape index (κ2) is 3.99. The van der Waals surface area contributed by atoms with Gasteiger partial charge in [-0.1, -0.05) is 5.16 Å². The first kappa shape index (κ1) is 10.5. The fourth-order valence-corrected chi connectivity index (χ4v) is 1.61. The molecule has 3 heterocycles. The molecule has 90 valence electrons. The van der Waals surface area contributed by atoms with Crippen LogP contribution in [0.1, 0.15) is 5.76 Å². The molecular weight excluding hydrogens is 234 g/mol. The first-order chi connectivity index (χ1) is 8.74. The van der Waals surface area contributed by atoms with Crippen LogP contribution in [-0.4, -0.2) is 20.2 Å². The first-order valence-electron chi connectivity index (χ1n) is 5.26. The van der Waals surface area contributed by atoms with Crippen molar-refractivity contribution in [2.45, 2.75) is 6.92 Å². The van der Waals surface area contributed by atoms with Crippen molar-refractivity contribution in [3.63, 3.8) is 0 Å². The van der Waals surface area contributed by atoms with Crippen LogP contribution >= 0.6 is 0 Å². The van der Waals surface area contributed by atoms with Gasteiger partial charge < -0.3 is 14.0 Å². The van der Waals surface area contributed by atoms with Crippen molar-refractivity contribution in [3.8, 4) is 28.6 Å². The largest absolute Gasteiger partial charge is 0.506 e. The number of nitrogens with zero attached hydrogens (tertiary/aromatic N) is 3. The Bertz CT molecular complexity index is 687. The lowest BCUT2D eigenvalue weighted by Gasteiger charge is -1.93. The van der Waals surface area contributed by atoms with E-state index in [9.17, 15) is 5.11 Å². The van der Waals surface area contributed by atoms with Crippen molar-refractivity contribution in [1.82, 2.24) is 15.1 Å². The summed E-state index contributed by atoms with van der Waals surface area (Å²) >= 11 is 0. The lowest BCUT2D eigenvalue weighted by molar-refractivity contribution is 0.430. The monoisotopic (exact) mass is 243 g/mol. The Hall–Kier alpha value is -2.63. The van der Waals surface area contributed by atoms with Crippen LogP contribution in [0.3, 0.4) is 0 Å². The first-order valence-corrected chi connectivity index (χ1v) is 5.26. The highest BCUT2D eigenvalue weighted by molar-refractivity contribution is 5.61. The molecule has 0 radical (unpaired) electrons. The second-order valence-corrected chi connectivity index (χ2v) is 3.75. The Balaban J connectivity index is 2.02. The molecule has 0 fully saturated rings. The summed E-state index contributed by atoms with van der Waals surface area (Å²) < 4.78 is 10.3. The van der Waals surface area contributed by atoms with Crippen LogP contribution in [0, 0.1) is 6.92 Å². The lowest BCUT2D eigenvalue weighted by atomic mass is 10.2. The molecule has 0 saturated heterocycles. The molecule has 0 atom stereocenters. The molecular formula is C12H9N3O3. The van der Waals surface area contributed by atoms with Gasteiger partial charge in [0, 0.05) is 6.20 Å². The average molecular weight is 243 g/mol. The summed E-state index contributed by atoms with van der Waals surface area (Å²) in [6, 6.07) is 3.28. The van der Waals surface area contributed by atoms with Crippen molar-refractivity contribution in [2.24, 2.45) is 0 Å². The third-order valence-electron chi connectivity index (χ3n) is 2.50. The van der Waals surface area contributed by atoms with E-state index in [-0.39, 0.29) is 5.75 Å². The molecule has 3 aromatic heterocycles. The summed E-state index contributed by atoms with van der Waals surface area (Å²) in [5, 5.41) is 13.2. The van der Waals surface area contributed by atoms with Gasteiger partial charge in [0.2, 0.25) is 5.82 Å². The van der Waals surface area contributed by atoms with Crippen molar-refractivity contribution < 1.29 is 14.0 Å². The van der Waals surface area contributed by atoms with E-state index in [4.69, 9.17) is 8.94 Å². The van der Waals surface area contributed by atoms with Gasteiger partial charge in [-0.25, -0.2) is 0 Å². The Morgan fingerprint density at radius 1 is 1.28 bits per heavy atom. The van der Waals surface area contributed by atoms with E-state index < -0.39 is 0 Å². The SMILES string of the molecule is Cc1occc1-c1noc(-c2cncc(O)c2)n1. The minimum absolute atomic E-state index is 0.0479. The topological polar surface area (TPSA) is 85.2 Å². The van der Waals surface area contributed by atoms with Gasteiger partial charge in [0.1, 0.15) is 11.5 Å². The zero-order valence-corrected chi connectivity index (χ0v) is 9.49. The molecule has 0 saturated carbocycles. The normalized spacial score (nSPS) is 10.7. The predicted molar refractivity (Wildman–Crippen MR) is 61.6 cm³/mol. The van der Waals surface area contributed by atoms with Crippen LogP contribution in [-0.2, 0) is 0 Å². The molecule has 0 unspecified atom stereocenters. The van der Waals surface area contributed by atoms with Crippen LogP contribution in [0.4, 0.5) is 0 Å². The van der Waals surface area contributed by atoms with Gasteiger partial charge in [0.25, 0.3) is 5.89 Å². The molecule has 0 aliphatic carbocycles. The molecule has 0 aliphatic rings. The number of aromatic nitrogens is 3. The molecule has 6 heteroatoms. The third-order valence-corrected chi connectivity index (χ3v) is 2.50. The summed E-state index contributed by atoms with van der Waals surface area (Å²) in [5.41, 5.74) is 1.34. The maximum Gasteiger partial charge on any atom is 0.259 e. The Kier molecular flexibility index (Phi) is 2.33. The zero-order chi connectivity index (χ0) is 12.5. The number of aromatic hydroxyl groups is 1. The van der Waals surface area contributed by atoms with Crippen molar-refractivity contribution in [3.05, 3.63) is 36.5 Å². The summed E-state index contributed by atoms with van der Waals surface area (Å²) in [6.07, 6.45) is 4.44. The summed E-state index contributed by atoms with van der Waals surface area (Å²) in [5.74, 6) is 1.51. The number of aryl methyl sites for hydroxylation is 1. The minimum Gasteiger partial charge on any atom is -0.506 e. The zero-order valence-electron chi connectivity index (χ0n) is 9.49. The summed E-state index contributed by atoms with van der Waals surface area (Å²) in [6.45, 7) is 1.82. The second-order valence-electron chi connectivity index (χ2n) is 3.75. The summed E-state index contributed by atoms with van der Waals surface area (Å²) in [4.78, 5) is 8.09. The van der Waals surface area contributed by atoms with Crippen LogP contribution < -0.4 is 0 Å². The molecule has 6 nitrogen and oxygen atoms in total. The molecule has 0 amide bonds. The molecule has 0 spiro atoms. The maximum absolute atomic E-state index is 9.34. The van der Waals surface area contributed by atoms with E-state index in [0.717, 1.165) is 11.3 Å². The smallest absolute Gasteiger partial charge is 0.259 e. The van der Waals surface area contributed by atoms with E-state index >= 15 is 0 Å². The number of hydrogen-bond donors (Lipinski definition) is 1. The molecule has 18 heavy (non-hydrogen) atoms. The number of hydrogen-bond acceptors (Lipinski definition) is 6. The highest BCUT2D eigenvalue weighted by Gasteiger charge is 2.14. The molecule has 0 aromatic carbocycles. The van der Waals surface area contributed by atoms with Crippen LogP contribution in [0.25, 0.3) is 22.8 Å². The van der Waals surface area contributed by atoms with E-state index in [2.05, 4.69) is 15.1 Å². The predicted octanol–water partition coefficient (Wildman–Crippen LogP) is 2.41. The van der Waals surface area contributed by atoms with Gasteiger partial charge in [-0.15, -0.1) is 0 Å². The van der Waals surface area contributed by atoms with Crippen molar-refractivity contribution in [1.29, 1.82) is 0 Å². The van der Waals surface area contributed by atoms with Crippen molar-refractivity contribution in [2.75, 3.05) is 0 Å². The van der Waals surface area contributed by atoms with E-state index in [1.54, 1.807) is 18.5 Å². The van der Waals surface area contributed by atoms with Gasteiger partial charge in [0.05, 0.1) is 23.6 Å². The van der Waals surface area contributed by atoms with Crippen LogP contribution in [0.2, 0.25) is 0 Å². The Morgan fingerprint density at radius 2 is 2.17 bits per heavy atom. The third kappa shape index (κ3) is 1.73. The molecule has 0 bridgehead atoms. The van der Waals surface area contributed by atoms with Gasteiger partial charge in [-0.2, -0.15) is 4.98 Å². The van der Waals surface area contributed by atoms with Gasteiger partial charge >= 0.3 is 0 Å². The number of furan rings is 1. The highest BCUT2D eigenvalue weighted by Crippen LogP contribution is 2.25. The van der Waals surface area contributed by atoms with Crippen LogP contribution in [0.5, 0.6) is 5.75 Å². The van der Waals surface area contributed by atoms with E-state index in [1.165, 1.54) is 12.3 Å². The quantitative estimate of drug-likeness (QED) is 0.743. The fraction of sp³-hybridized carbons (Fsp3) is 0.0833. The summed E-state index contributed by atoms with van der Waals surface area (Å²) in [7, 11) is 0. The van der Waals surface area contributed by atoms with Crippen LogP contribution in [0.15, 0.2) is 39.7 Å². The lowest BCUT2D eigenvalue weighted by Crippen LogP contribution is -1.82. The maximum atomic E-state index is 9.34. The fourth-order valence-electron chi connectivity index (χ4n) is 1.61. The van der Waals surface area contributed by atoms with Gasteiger partial charge in [0.15, 0.2) is 0 Å². The van der Waals surface area contributed by atoms with E-state index in [0.29, 0.717) is 17.3 Å². The number of pyridine rings is 1. The highest BCUT2D eigenvalue weighted by atomic mass is 16.5. The number of rotatable bonds is 2. The van der Waals surface area contributed by atoms with E-state index in [1.807, 2.05) is 6.92 Å². The minimum atomic E-state index is 0.0479. The molecule has 0 aliphatic heterocycles. The van der Waals surface area contributed by atoms with Crippen molar-refractivity contribution >= 4 is 0 Å². The molecule has 1 N–H and O–H groups in total. The molecule has 3 rings (SSSR count). The standard InChI is InChI=1S/C12H9N3O3/c1-7-10(2-3-17-7)11-14-12(18-15-11)8-4-9(16)6-13-5-8/h2-6,16H,1H3. The van der Waals surface area contributed by atoms with Gasteiger partial charge in [-0.05, 0) is 19.1 Å². The Labute approximate surface area is 102 Å². The Morgan fingerprint density at radius 3 is 2.89 bits per heavy atom.